The molecule has 1 aromatic carbocycles. The predicted octanol–water partition coefficient (Wildman–Crippen LogP) is -0.893. The molecule has 0 spiro atoms. The van der Waals surface area contributed by atoms with Gasteiger partial charge in [-0.1, -0.05) is 43.2 Å². The average molecular weight is 172 g/mol. The van der Waals surface area contributed by atoms with Crippen LogP contribution in [0.5, 0.6) is 5.75 Å². The number of unbranched alkanes of at least 4 members (excludes halogenated alkanes) is 1. The molecule has 0 fully saturated rings. The van der Waals surface area contributed by atoms with Crippen molar-refractivity contribution >= 4 is 0 Å². The first-order chi connectivity index (χ1) is 5.34. The zero-order chi connectivity index (χ0) is 8.10. The normalized spacial score (nSPS) is 9.08. The first kappa shape index (κ1) is 12.0. The van der Waals surface area contributed by atoms with Crippen LogP contribution in [0.4, 0.5) is 0 Å². The molecule has 0 unspecified atom stereocenters. The van der Waals surface area contributed by atoms with Gasteiger partial charge in [-0.15, -0.1) is 5.75 Å². The fraction of sp³-hybridized carbons (Fsp3) is 0.400. The third kappa shape index (κ3) is 3.61. The molecule has 0 N–H and O–H groups in total. The fourth-order valence-electron chi connectivity index (χ4n) is 1.08. The maximum atomic E-state index is 11.1. The van der Waals surface area contributed by atoms with Gasteiger partial charge in [-0.25, -0.2) is 0 Å². The molecular weight excluding hydrogens is 159 g/mol. The van der Waals surface area contributed by atoms with Gasteiger partial charge in [-0.05, 0) is 12.8 Å². The van der Waals surface area contributed by atoms with Crippen LogP contribution in [0.15, 0.2) is 24.3 Å². The molecule has 60 valence electrons. The SMILES string of the molecule is CCCCc1ccccc1[O-].[Na+]. The Bertz CT molecular complexity index is 223. The fourth-order valence-corrected chi connectivity index (χ4v) is 1.08. The molecule has 0 atom stereocenters. The van der Waals surface area contributed by atoms with Crippen LogP contribution in [-0.4, -0.2) is 0 Å². The minimum Gasteiger partial charge on any atom is -0.872 e. The summed E-state index contributed by atoms with van der Waals surface area (Å²) in [6.07, 6.45) is 3.18. The summed E-state index contributed by atoms with van der Waals surface area (Å²) in [6.45, 7) is 2.13. The molecule has 0 saturated heterocycles. The Hall–Kier alpha value is 0.0200. The molecule has 0 heterocycles. The Morgan fingerprint density at radius 3 is 2.50 bits per heavy atom. The first-order valence-electron chi connectivity index (χ1n) is 4.09. The van der Waals surface area contributed by atoms with E-state index in [1.54, 1.807) is 12.1 Å². The molecule has 12 heavy (non-hydrogen) atoms. The molecule has 1 nitrogen and oxygen atoms in total. The zero-order valence-corrected chi connectivity index (χ0v) is 9.84. The van der Waals surface area contributed by atoms with E-state index < -0.39 is 0 Å². The van der Waals surface area contributed by atoms with E-state index in [0.717, 1.165) is 24.8 Å². The predicted molar refractivity (Wildman–Crippen MR) is 44.5 cm³/mol. The van der Waals surface area contributed by atoms with Crippen LogP contribution in [0.2, 0.25) is 0 Å². The van der Waals surface area contributed by atoms with E-state index in [2.05, 4.69) is 6.92 Å². The molecule has 0 aliphatic heterocycles. The Kier molecular flexibility index (Phi) is 6.54. The zero-order valence-electron chi connectivity index (χ0n) is 7.84. The van der Waals surface area contributed by atoms with Crippen molar-refractivity contribution in [2.45, 2.75) is 26.2 Å². The molecule has 2 heteroatoms. The molecule has 1 rings (SSSR count). The van der Waals surface area contributed by atoms with E-state index in [1.165, 1.54) is 0 Å². The third-order valence-electron chi connectivity index (χ3n) is 1.77. The van der Waals surface area contributed by atoms with Crippen LogP contribution in [0.3, 0.4) is 0 Å². The molecule has 0 aliphatic carbocycles. The molecule has 0 amide bonds. The molecule has 0 aromatic heterocycles. The molecular formula is C10H13NaO. The summed E-state index contributed by atoms with van der Waals surface area (Å²) in [5.74, 6) is 0.181. The summed E-state index contributed by atoms with van der Waals surface area (Å²) in [5.41, 5.74) is 0.953. The Morgan fingerprint density at radius 1 is 1.25 bits per heavy atom. The van der Waals surface area contributed by atoms with Gasteiger partial charge >= 0.3 is 29.6 Å². The van der Waals surface area contributed by atoms with Gasteiger partial charge in [0.1, 0.15) is 0 Å². The summed E-state index contributed by atoms with van der Waals surface area (Å²) >= 11 is 0. The van der Waals surface area contributed by atoms with E-state index in [4.69, 9.17) is 0 Å². The van der Waals surface area contributed by atoms with Gasteiger partial charge in [-0.2, -0.15) is 0 Å². The molecule has 0 radical (unpaired) electrons. The van der Waals surface area contributed by atoms with Gasteiger partial charge in [0.2, 0.25) is 0 Å². The number of hydrogen-bond acceptors (Lipinski definition) is 1. The van der Waals surface area contributed by atoms with Gasteiger partial charge in [0.05, 0.1) is 0 Å². The standard InChI is InChI=1S/C10H14O.Na/c1-2-3-6-9-7-4-5-8-10(9)11;/h4-5,7-8,11H,2-3,6H2,1H3;/q;+1/p-1. The molecule has 0 bridgehead atoms. The maximum absolute atomic E-state index is 11.1. The summed E-state index contributed by atoms with van der Waals surface area (Å²) in [7, 11) is 0. The number of hydrogen-bond donors (Lipinski definition) is 0. The Labute approximate surface area is 96.1 Å². The van der Waals surface area contributed by atoms with Crippen molar-refractivity contribution in [2.24, 2.45) is 0 Å². The van der Waals surface area contributed by atoms with Crippen molar-refractivity contribution in [3.8, 4) is 5.75 Å². The number of para-hydroxylation sites is 1. The van der Waals surface area contributed by atoms with Crippen molar-refractivity contribution in [1.82, 2.24) is 0 Å². The quantitative estimate of drug-likeness (QED) is 0.542. The van der Waals surface area contributed by atoms with Crippen LogP contribution in [0.1, 0.15) is 25.3 Å². The van der Waals surface area contributed by atoms with Gasteiger partial charge in [0, 0.05) is 0 Å². The van der Waals surface area contributed by atoms with E-state index in [0.29, 0.717) is 0 Å². The molecule has 0 saturated carbocycles. The monoisotopic (exact) mass is 172 g/mol. The van der Waals surface area contributed by atoms with Crippen molar-refractivity contribution in [3.63, 3.8) is 0 Å². The van der Waals surface area contributed by atoms with Crippen molar-refractivity contribution < 1.29 is 34.7 Å². The van der Waals surface area contributed by atoms with E-state index in [-0.39, 0.29) is 35.3 Å². The van der Waals surface area contributed by atoms with E-state index in [1.807, 2.05) is 12.1 Å². The summed E-state index contributed by atoms with van der Waals surface area (Å²) in [5, 5.41) is 11.1. The van der Waals surface area contributed by atoms with Crippen molar-refractivity contribution in [3.05, 3.63) is 29.8 Å². The number of benzene rings is 1. The second-order valence-corrected chi connectivity index (χ2v) is 2.71. The van der Waals surface area contributed by atoms with Gasteiger partial charge in [0.25, 0.3) is 0 Å². The van der Waals surface area contributed by atoms with Crippen molar-refractivity contribution in [2.75, 3.05) is 0 Å². The Balaban J connectivity index is 0.00000121. The minimum absolute atomic E-state index is 0. The first-order valence-corrected chi connectivity index (χ1v) is 4.09. The second kappa shape index (κ2) is 6.53. The van der Waals surface area contributed by atoms with E-state index in [9.17, 15) is 5.11 Å². The smallest absolute Gasteiger partial charge is 0.872 e. The van der Waals surface area contributed by atoms with E-state index >= 15 is 0 Å². The number of aryl methyl sites for hydroxylation is 1. The van der Waals surface area contributed by atoms with Gasteiger partial charge in [0.15, 0.2) is 0 Å². The second-order valence-electron chi connectivity index (χ2n) is 2.71. The van der Waals surface area contributed by atoms with Crippen LogP contribution < -0.4 is 34.7 Å². The van der Waals surface area contributed by atoms with Crippen molar-refractivity contribution in [1.29, 1.82) is 0 Å². The minimum atomic E-state index is 0. The molecule has 1 aromatic rings. The van der Waals surface area contributed by atoms with Gasteiger partial charge in [-0.3, -0.25) is 0 Å². The van der Waals surface area contributed by atoms with Crippen LogP contribution in [0.25, 0.3) is 0 Å². The van der Waals surface area contributed by atoms with Crippen LogP contribution in [0, 0.1) is 0 Å². The molecule has 0 aliphatic rings. The average Bonchev–Trinajstić information content (AvgIpc) is 2.03. The van der Waals surface area contributed by atoms with Gasteiger partial charge < -0.3 is 5.11 Å². The van der Waals surface area contributed by atoms with Crippen LogP contribution >= 0.6 is 0 Å². The largest absolute Gasteiger partial charge is 1.00 e. The summed E-state index contributed by atoms with van der Waals surface area (Å²) in [6, 6.07) is 7.26. The maximum Gasteiger partial charge on any atom is 1.00 e. The summed E-state index contributed by atoms with van der Waals surface area (Å²) < 4.78 is 0. The topological polar surface area (TPSA) is 23.1 Å². The Morgan fingerprint density at radius 2 is 1.92 bits per heavy atom. The summed E-state index contributed by atoms with van der Waals surface area (Å²) in [4.78, 5) is 0. The third-order valence-corrected chi connectivity index (χ3v) is 1.77. The van der Waals surface area contributed by atoms with Crippen LogP contribution in [-0.2, 0) is 6.42 Å². The number of rotatable bonds is 3.